The number of aliphatic hydroxyl groups excluding tert-OH is 2. The Morgan fingerprint density at radius 2 is 2.00 bits per heavy atom. The van der Waals surface area contributed by atoms with Crippen molar-refractivity contribution >= 4 is 5.69 Å². The maximum Gasteiger partial charge on any atom is 0.111 e. The summed E-state index contributed by atoms with van der Waals surface area (Å²) in [6.07, 6.45) is 2.56. The molecule has 4 saturated heterocycles. The van der Waals surface area contributed by atoms with Crippen molar-refractivity contribution in [3.05, 3.63) is 29.8 Å². The fourth-order valence-electron chi connectivity index (χ4n) is 7.88. The lowest BCUT2D eigenvalue weighted by atomic mass is 9.62. The van der Waals surface area contributed by atoms with E-state index in [1.165, 1.54) is 11.3 Å². The van der Waals surface area contributed by atoms with E-state index in [1.807, 2.05) is 0 Å². The Morgan fingerprint density at radius 1 is 1.21 bits per heavy atom. The van der Waals surface area contributed by atoms with Gasteiger partial charge in [0.25, 0.3) is 0 Å². The maximum absolute atomic E-state index is 11.6. The molecule has 4 nitrogen and oxygen atoms in total. The summed E-state index contributed by atoms with van der Waals surface area (Å²) in [6, 6.07) is 9.70. The predicted octanol–water partition coefficient (Wildman–Crippen LogP) is 1.55. The number of rotatable bonds is 1. The van der Waals surface area contributed by atoms with Gasteiger partial charge in [0.2, 0.25) is 0 Å². The molecule has 2 N–H and O–H groups in total. The molecule has 0 amide bonds. The van der Waals surface area contributed by atoms with Crippen LogP contribution < -0.4 is 4.90 Å². The van der Waals surface area contributed by atoms with Crippen LogP contribution in [0.1, 0.15) is 31.7 Å². The van der Waals surface area contributed by atoms with Crippen LogP contribution in [0.4, 0.5) is 5.69 Å². The molecule has 0 aromatic heterocycles. The minimum absolute atomic E-state index is 0.126. The van der Waals surface area contributed by atoms with Gasteiger partial charge in [-0.1, -0.05) is 25.1 Å². The first-order valence-corrected chi connectivity index (χ1v) is 9.57. The highest BCUT2D eigenvalue weighted by molar-refractivity contribution is 5.67. The normalized spacial score (nSPS) is 55.8. The molecule has 1 spiro atoms. The van der Waals surface area contributed by atoms with Crippen LogP contribution in [0.2, 0.25) is 0 Å². The monoisotopic (exact) mass is 326 g/mol. The fraction of sp³-hybridized carbons (Fsp3) is 0.700. The predicted molar refractivity (Wildman–Crippen MR) is 91.7 cm³/mol. The van der Waals surface area contributed by atoms with Crippen LogP contribution in [0, 0.1) is 17.8 Å². The van der Waals surface area contributed by atoms with Crippen molar-refractivity contribution in [2.45, 2.75) is 62.1 Å². The maximum atomic E-state index is 11.6. The van der Waals surface area contributed by atoms with Gasteiger partial charge < -0.3 is 15.1 Å². The number of piperidine rings is 4. The van der Waals surface area contributed by atoms with Crippen molar-refractivity contribution < 1.29 is 10.2 Å². The number of benzene rings is 1. The van der Waals surface area contributed by atoms with E-state index in [4.69, 9.17) is 0 Å². The Morgan fingerprint density at radius 3 is 2.79 bits per heavy atom. The fourth-order valence-corrected chi connectivity index (χ4v) is 7.88. The van der Waals surface area contributed by atoms with Crippen LogP contribution in [-0.4, -0.2) is 52.6 Å². The Hall–Kier alpha value is -1.10. The van der Waals surface area contributed by atoms with E-state index >= 15 is 0 Å². The molecule has 0 radical (unpaired) electrons. The second-order valence-corrected chi connectivity index (χ2v) is 8.81. The number of para-hydroxylation sites is 1. The smallest absolute Gasteiger partial charge is 0.111 e. The molecule has 24 heavy (non-hydrogen) atoms. The van der Waals surface area contributed by atoms with Crippen LogP contribution in [-0.2, 0) is 5.41 Å². The summed E-state index contributed by atoms with van der Waals surface area (Å²) in [7, 11) is 2.19. The van der Waals surface area contributed by atoms with Crippen molar-refractivity contribution in [3.8, 4) is 0 Å². The first-order valence-electron chi connectivity index (χ1n) is 9.57. The van der Waals surface area contributed by atoms with Crippen LogP contribution in [0.5, 0.6) is 0 Å². The molecule has 1 aromatic carbocycles. The van der Waals surface area contributed by atoms with E-state index in [0.717, 1.165) is 19.3 Å². The van der Waals surface area contributed by atoms with E-state index in [0.29, 0.717) is 35.9 Å². The van der Waals surface area contributed by atoms with E-state index < -0.39 is 0 Å². The average Bonchev–Trinajstić information content (AvgIpc) is 2.97. The Kier molecular flexibility index (Phi) is 2.45. The zero-order chi connectivity index (χ0) is 16.4. The molecule has 1 aliphatic carbocycles. The summed E-state index contributed by atoms with van der Waals surface area (Å²) in [6.45, 7) is 2.19. The molecular formula is C20H26N2O2. The number of aliphatic hydroxyl groups is 2. The zero-order valence-electron chi connectivity index (χ0n) is 14.3. The van der Waals surface area contributed by atoms with Crippen molar-refractivity contribution in [1.82, 2.24) is 4.90 Å². The molecule has 128 valence electrons. The average molecular weight is 326 g/mol. The summed E-state index contributed by atoms with van der Waals surface area (Å²) >= 11 is 0. The van der Waals surface area contributed by atoms with E-state index in [-0.39, 0.29) is 17.7 Å². The summed E-state index contributed by atoms with van der Waals surface area (Å²) < 4.78 is 0. The summed E-state index contributed by atoms with van der Waals surface area (Å²) in [5.41, 5.74) is 2.51. The molecule has 10 atom stereocenters. The van der Waals surface area contributed by atoms with Crippen molar-refractivity contribution in [3.63, 3.8) is 0 Å². The third kappa shape index (κ3) is 1.20. The highest BCUT2D eigenvalue weighted by atomic mass is 16.3. The highest BCUT2D eigenvalue weighted by Gasteiger charge is 2.76. The van der Waals surface area contributed by atoms with Gasteiger partial charge in [0, 0.05) is 42.1 Å². The highest BCUT2D eigenvalue weighted by Crippen LogP contribution is 2.68. The molecule has 7 rings (SSSR count). The second kappa shape index (κ2) is 4.17. The third-order valence-electron chi connectivity index (χ3n) is 8.46. The first-order chi connectivity index (χ1) is 11.6. The van der Waals surface area contributed by atoms with Gasteiger partial charge in [-0.2, -0.15) is 0 Å². The van der Waals surface area contributed by atoms with Gasteiger partial charge >= 0.3 is 0 Å². The number of fused-ring (bicyclic) bond motifs is 2. The third-order valence-corrected chi connectivity index (χ3v) is 8.46. The zero-order valence-corrected chi connectivity index (χ0v) is 14.3. The molecular weight excluding hydrogens is 300 g/mol. The SMILES string of the molecule is CC[C@@H]1[C@H]2C[C@H]3[C@@H]4N(C)c5ccccc5[C@]45C[C@@H](C2[C@H]5O)N3[C@H]1O. The van der Waals surface area contributed by atoms with Gasteiger partial charge in [0.1, 0.15) is 6.23 Å². The van der Waals surface area contributed by atoms with E-state index in [1.54, 1.807) is 0 Å². The largest absolute Gasteiger partial charge is 0.392 e. The van der Waals surface area contributed by atoms with Crippen molar-refractivity contribution in [2.75, 3.05) is 11.9 Å². The number of likely N-dealkylation sites (N-methyl/N-ethyl adjacent to an activating group) is 1. The molecule has 2 unspecified atom stereocenters. The van der Waals surface area contributed by atoms with Gasteiger partial charge in [-0.05, 0) is 36.8 Å². The number of hydrogen-bond donors (Lipinski definition) is 2. The summed E-state index contributed by atoms with van der Waals surface area (Å²) in [4.78, 5) is 4.83. The second-order valence-electron chi connectivity index (χ2n) is 8.81. The molecule has 5 bridgehead atoms. The number of hydrogen-bond acceptors (Lipinski definition) is 4. The van der Waals surface area contributed by atoms with E-state index in [9.17, 15) is 10.2 Å². The van der Waals surface area contributed by atoms with Crippen molar-refractivity contribution in [2.24, 2.45) is 17.8 Å². The number of anilines is 1. The van der Waals surface area contributed by atoms with Gasteiger partial charge in [0.15, 0.2) is 0 Å². The molecule has 5 heterocycles. The van der Waals surface area contributed by atoms with Crippen molar-refractivity contribution in [1.29, 1.82) is 0 Å². The van der Waals surface area contributed by atoms with Crippen LogP contribution in [0.25, 0.3) is 0 Å². The van der Waals surface area contributed by atoms with Crippen LogP contribution in [0.15, 0.2) is 24.3 Å². The van der Waals surface area contributed by atoms with Crippen LogP contribution in [0.3, 0.4) is 0 Å². The standard InChI is InChI=1S/C20H26N2O2/c1-3-10-11-8-14-17-20(12-6-4-5-7-13(12)21(17)2)9-15(16(11)18(20)23)22(14)19(10)24/h4-7,10-11,14-19,23-24H,3,8-9H2,1-2H3/t10-,11-,14+,15+,16?,17+,18-,19+,20-/m1/s1. The van der Waals surface area contributed by atoms with Crippen LogP contribution >= 0.6 is 0 Å². The molecule has 1 saturated carbocycles. The lowest BCUT2D eigenvalue weighted by Crippen LogP contribution is -2.72. The Balaban J connectivity index is 1.60. The molecule has 6 aliphatic rings. The summed E-state index contributed by atoms with van der Waals surface area (Å²) in [5.74, 6) is 1.14. The number of nitrogens with zero attached hydrogens (tertiary/aromatic N) is 2. The van der Waals surface area contributed by atoms with E-state index in [2.05, 4.69) is 48.0 Å². The van der Waals surface area contributed by atoms with Gasteiger partial charge in [-0.3, -0.25) is 4.90 Å². The first kappa shape index (κ1) is 14.1. The minimum Gasteiger partial charge on any atom is -0.392 e. The Bertz CT molecular complexity index is 723. The minimum atomic E-state index is -0.319. The molecule has 4 heteroatoms. The summed E-state index contributed by atoms with van der Waals surface area (Å²) in [5, 5.41) is 22.6. The topological polar surface area (TPSA) is 46.9 Å². The quantitative estimate of drug-likeness (QED) is 0.822. The lowest BCUT2D eigenvalue weighted by molar-refractivity contribution is -0.211. The lowest BCUT2D eigenvalue weighted by Gasteiger charge is -2.62. The van der Waals surface area contributed by atoms with Gasteiger partial charge in [0.05, 0.1) is 12.1 Å². The Labute approximate surface area is 143 Å². The molecule has 1 aromatic rings. The molecule has 5 fully saturated rings. The van der Waals surface area contributed by atoms with Gasteiger partial charge in [-0.15, -0.1) is 0 Å². The van der Waals surface area contributed by atoms with Gasteiger partial charge in [-0.25, -0.2) is 0 Å². The molecule has 5 aliphatic heterocycles.